The molecule has 1 saturated heterocycles. The first-order valence-electron chi connectivity index (χ1n) is 5.14. The minimum Gasteiger partial charge on any atom is -0.296 e. The molecular formula is C12H17N. The molecule has 0 spiro atoms. The fourth-order valence-corrected chi connectivity index (χ4v) is 2.05. The molecule has 0 N–H and O–H groups in total. The van der Waals surface area contributed by atoms with Crippen LogP contribution in [0.15, 0.2) is 30.3 Å². The van der Waals surface area contributed by atoms with Crippen LogP contribution in [0.25, 0.3) is 0 Å². The highest BCUT2D eigenvalue weighted by molar-refractivity contribution is 5.14. The Labute approximate surface area is 80.4 Å². The second-order valence-corrected chi connectivity index (χ2v) is 3.95. The van der Waals surface area contributed by atoms with Gasteiger partial charge in [0.15, 0.2) is 0 Å². The Morgan fingerprint density at radius 2 is 2.08 bits per heavy atom. The summed E-state index contributed by atoms with van der Waals surface area (Å²) in [5.74, 6) is 0. The van der Waals surface area contributed by atoms with Gasteiger partial charge in [0.05, 0.1) is 0 Å². The first kappa shape index (κ1) is 8.76. The fraction of sp³-hybridized carbons (Fsp3) is 0.500. The second kappa shape index (κ2) is 3.93. The summed E-state index contributed by atoms with van der Waals surface area (Å²) in [6, 6.07) is 11.5. The zero-order valence-corrected chi connectivity index (χ0v) is 8.24. The molecule has 2 rings (SSSR count). The summed E-state index contributed by atoms with van der Waals surface area (Å²) >= 11 is 0. The molecular weight excluding hydrogens is 158 g/mol. The predicted octanol–water partition coefficient (Wildman–Crippen LogP) is 2.67. The van der Waals surface area contributed by atoms with E-state index >= 15 is 0 Å². The van der Waals surface area contributed by atoms with Crippen molar-refractivity contribution in [2.24, 2.45) is 0 Å². The van der Waals surface area contributed by atoms with Crippen molar-refractivity contribution in [1.82, 2.24) is 4.90 Å². The number of rotatable bonds is 2. The maximum Gasteiger partial charge on any atom is 0.0236 e. The molecule has 0 aliphatic carbocycles. The van der Waals surface area contributed by atoms with Crippen LogP contribution in [0.3, 0.4) is 0 Å². The topological polar surface area (TPSA) is 3.24 Å². The first-order chi connectivity index (χ1) is 6.36. The maximum absolute atomic E-state index is 2.56. The standard InChI is InChI=1S/C12H17N/c1-11-6-5-9-13(11)10-12-7-3-2-4-8-12/h2-4,7-8,11H,5-6,9-10H2,1H3. The Balaban J connectivity index is 1.98. The lowest BCUT2D eigenvalue weighted by atomic mass is 10.2. The van der Waals surface area contributed by atoms with Crippen LogP contribution in [0.2, 0.25) is 0 Å². The molecule has 0 aromatic heterocycles. The van der Waals surface area contributed by atoms with Gasteiger partial charge in [-0.05, 0) is 31.9 Å². The average Bonchev–Trinajstić information content (AvgIpc) is 2.54. The predicted molar refractivity (Wildman–Crippen MR) is 55.5 cm³/mol. The van der Waals surface area contributed by atoms with Crippen molar-refractivity contribution in [2.45, 2.75) is 32.4 Å². The van der Waals surface area contributed by atoms with Crippen LogP contribution in [-0.2, 0) is 6.54 Å². The van der Waals surface area contributed by atoms with Gasteiger partial charge in [0, 0.05) is 12.6 Å². The third-order valence-corrected chi connectivity index (χ3v) is 2.92. The van der Waals surface area contributed by atoms with Crippen molar-refractivity contribution in [3.63, 3.8) is 0 Å². The van der Waals surface area contributed by atoms with Crippen LogP contribution in [0.5, 0.6) is 0 Å². The highest BCUT2D eigenvalue weighted by Gasteiger charge is 2.19. The van der Waals surface area contributed by atoms with Gasteiger partial charge in [-0.15, -0.1) is 0 Å². The smallest absolute Gasteiger partial charge is 0.0236 e. The molecule has 1 nitrogen and oxygen atoms in total. The molecule has 1 aliphatic rings. The Bertz CT molecular complexity index is 255. The van der Waals surface area contributed by atoms with Gasteiger partial charge in [-0.1, -0.05) is 30.3 Å². The van der Waals surface area contributed by atoms with Gasteiger partial charge in [0.1, 0.15) is 0 Å². The molecule has 1 atom stereocenters. The van der Waals surface area contributed by atoms with Crippen molar-refractivity contribution >= 4 is 0 Å². The summed E-state index contributed by atoms with van der Waals surface area (Å²) in [5, 5.41) is 0. The molecule has 1 aliphatic heterocycles. The van der Waals surface area contributed by atoms with Crippen LogP contribution in [0.1, 0.15) is 25.3 Å². The average molecular weight is 175 g/mol. The Morgan fingerprint density at radius 1 is 1.31 bits per heavy atom. The Kier molecular flexibility index (Phi) is 2.65. The maximum atomic E-state index is 2.56. The van der Waals surface area contributed by atoms with Gasteiger partial charge >= 0.3 is 0 Å². The van der Waals surface area contributed by atoms with E-state index in [-0.39, 0.29) is 0 Å². The lowest BCUT2D eigenvalue weighted by molar-refractivity contribution is 0.260. The van der Waals surface area contributed by atoms with Gasteiger partial charge in [0.2, 0.25) is 0 Å². The van der Waals surface area contributed by atoms with Crippen LogP contribution in [0.4, 0.5) is 0 Å². The number of likely N-dealkylation sites (tertiary alicyclic amines) is 1. The highest BCUT2D eigenvalue weighted by Crippen LogP contribution is 2.18. The molecule has 70 valence electrons. The van der Waals surface area contributed by atoms with E-state index in [0.29, 0.717) is 0 Å². The minimum atomic E-state index is 0.778. The second-order valence-electron chi connectivity index (χ2n) is 3.95. The summed E-state index contributed by atoms with van der Waals surface area (Å²) < 4.78 is 0. The quantitative estimate of drug-likeness (QED) is 0.668. The van der Waals surface area contributed by atoms with Crippen molar-refractivity contribution in [2.75, 3.05) is 6.54 Å². The third kappa shape index (κ3) is 2.10. The first-order valence-corrected chi connectivity index (χ1v) is 5.14. The van der Waals surface area contributed by atoms with Gasteiger partial charge < -0.3 is 0 Å². The van der Waals surface area contributed by atoms with E-state index in [2.05, 4.69) is 42.2 Å². The minimum absolute atomic E-state index is 0.778. The molecule has 0 saturated carbocycles. The Hall–Kier alpha value is -0.820. The van der Waals surface area contributed by atoms with E-state index < -0.39 is 0 Å². The summed E-state index contributed by atoms with van der Waals surface area (Å²) in [4.78, 5) is 2.56. The number of hydrogen-bond acceptors (Lipinski definition) is 1. The van der Waals surface area contributed by atoms with Crippen LogP contribution >= 0.6 is 0 Å². The molecule has 0 radical (unpaired) electrons. The molecule has 1 fully saturated rings. The van der Waals surface area contributed by atoms with Crippen molar-refractivity contribution in [1.29, 1.82) is 0 Å². The molecule has 1 heterocycles. The highest BCUT2D eigenvalue weighted by atomic mass is 15.2. The summed E-state index contributed by atoms with van der Waals surface area (Å²) in [6.07, 6.45) is 2.74. The van der Waals surface area contributed by atoms with Crippen LogP contribution in [0, 0.1) is 0 Å². The van der Waals surface area contributed by atoms with Crippen LogP contribution < -0.4 is 0 Å². The number of nitrogens with zero attached hydrogens (tertiary/aromatic N) is 1. The summed E-state index contributed by atoms with van der Waals surface area (Å²) in [5.41, 5.74) is 1.44. The van der Waals surface area contributed by atoms with Gasteiger partial charge in [0.25, 0.3) is 0 Å². The van der Waals surface area contributed by atoms with E-state index in [4.69, 9.17) is 0 Å². The molecule has 1 heteroatoms. The largest absolute Gasteiger partial charge is 0.296 e. The molecule has 1 unspecified atom stereocenters. The number of benzene rings is 1. The zero-order chi connectivity index (χ0) is 9.10. The van der Waals surface area contributed by atoms with Crippen molar-refractivity contribution < 1.29 is 0 Å². The lowest BCUT2D eigenvalue weighted by Gasteiger charge is -2.20. The van der Waals surface area contributed by atoms with Gasteiger partial charge in [-0.3, -0.25) is 4.90 Å². The lowest BCUT2D eigenvalue weighted by Crippen LogP contribution is -2.25. The molecule has 0 bridgehead atoms. The van der Waals surface area contributed by atoms with Crippen molar-refractivity contribution in [3.05, 3.63) is 35.9 Å². The molecule has 13 heavy (non-hydrogen) atoms. The number of hydrogen-bond donors (Lipinski definition) is 0. The van der Waals surface area contributed by atoms with E-state index in [1.165, 1.54) is 24.9 Å². The molecule has 0 amide bonds. The third-order valence-electron chi connectivity index (χ3n) is 2.92. The fourth-order valence-electron chi connectivity index (χ4n) is 2.05. The normalized spacial score (nSPS) is 23.6. The summed E-state index contributed by atoms with van der Waals surface area (Å²) in [6.45, 7) is 4.73. The molecule has 1 aromatic carbocycles. The van der Waals surface area contributed by atoms with E-state index in [9.17, 15) is 0 Å². The zero-order valence-electron chi connectivity index (χ0n) is 8.24. The van der Waals surface area contributed by atoms with E-state index in [1.807, 2.05) is 0 Å². The summed E-state index contributed by atoms with van der Waals surface area (Å²) in [7, 11) is 0. The monoisotopic (exact) mass is 175 g/mol. The van der Waals surface area contributed by atoms with Crippen molar-refractivity contribution in [3.8, 4) is 0 Å². The van der Waals surface area contributed by atoms with E-state index in [0.717, 1.165) is 12.6 Å². The Morgan fingerprint density at radius 3 is 2.69 bits per heavy atom. The molecule has 1 aromatic rings. The van der Waals surface area contributed by atoms with Gasteiger partial charge in [-0.2, -0.15) is 0 Å². The van der Waals surface area contributed by atoms with Crippen LogP contribution in [-0.4, -0.2) is 17.5 Å². The van der Waals surface area contributed by atoms with Gasteiger partial charge in [-0.25, -0.2) is 0 Å². The van der Waals surface area contributed by atoms with E-state index in [1.54, 1.807) is 0 Å². The SMILES string of the molecule is CC1CCCN1Cc1ccccc1.